The molecule has 26 heavy (non-hydrogen) atoms. The summed E-state index contributed by atoms with van der Waals surface area (Å²) in [6, 6.07) is 12.8. The van der Waals surface area contributed by atoms with Crippen molar-refractivity contribution in [3.8, 4) is 0 Å². The van der Waals surface area contributed by atoms with Crippen molar-refractivity contribution < 1.29 is 23.1 Å². The van der Waals surface area contributed by atoms with E-state index in [1.54, 1.807) is 24.3 Å². The molecule has 1 aliphatic heterocycles. The Kier molecular flexibility index (Phi) is 4.69. The summed E-state index contributed by atoms with van der Waals surface area (Å²) in [5.74, 6) is -2.04. The summed E-state index contributed by atoms with van der Waals surface area (Å²) in [6.45, 7) is 1.99. The number of amides is 1. The van der Waals surface area contributed by atoms with Crippen LogP contribution in [0.2, 0.25) is 0 Å². The molecule has 0 radical (unpaired) electrons. The zero-order chi connectivity index (χ0) is 18.9. The monoisotopic (exact) mass is 374 g/mol. The predicted molar refractivity (Wildman–Crippen MR) is 96.5 cm³/mol. The van der Waals surface area contributed by atoms with Crippen molar-refractivity contribution in [1.82, 2.24) is 0 Å². The van der Waals surface area contributed by atoms with Gasteiger partial charge >= 0.3 is 5.97 Å². The molecule has 0 saturated carbocycles. The minimum atomic E-state index is -3.75. The number of benzene rings is 2. The zero-order valence-electron chi connectivity index (χ0n) is 14.0. The summed E-state index contributed by atoms with van der Waals surface area (Å²) in [4.78, 5) is 24.4. The van der Waals surface area contributed by atoms with Gasteiger partial charge in [0, 0.05) is 24.3 Å². The number of nitrogens with zero attached hydrogens (tertiary/aromatic N) is 1. The highest BCUT2D eigenvalue weighted by atomic mass is 32.2. The third-order valence-corrected chi connectivity index (χ3v) is 5.63. The average molecular weight is 374 g/mol. The molecule has 2 aromatic carbocycles. The first kappa shape index (κ1) is 17.9. The Morgan fingerprint density at radius 2 is 1.73 bits per heavy atom. The maximum absolute atomic E-state index is 12.5. The van der Waals surface area contributed by atoms with Gasteiger partial charge in [-0.15, -0.1) is 0 Å². The smallest absolute Gasteiger partial charge is 0.308 e. The van der Waals surface area contributed by atoms with E-state index in [1.165, 1.54) is 29.2 Å². The van der Waals surface area contributed by atoms with E-state index in [2.05, 4.69) is 4.72 Å². The molecule has 8 heteroatoms. The number of nitrogens with one attached hydrogen (secondary N) is 1. The number of sulfonamides is 1. The van der Waals surface area contributed by atoms with Gasteiger partial charge in [-0.2, -0.15) is 0 Å². The molecule has 1 fully saturated rings. The highest BCUT2D eigenvalue weighted by Gasteiger charge is 2.35. The number of carbonyl (C=O) groups is 2. The van der Waals surface area contributed by atoms with Gasteiger partial charge in [-0.1, -0.05) is 17.7 Å². The molecule has 0 unspecified atom stereocenters. The van der Waals surface area contributed by atoms with Crippen LogP contribution in [0, 0.1) is 12.8 Å². The van der Waals surface area contributed by atoms with E-state index in [4.69, 9.17) is 5.11 Å². The summed E-state index contributed by atoms with van der Waals surface area (Å²) >= 11 is 0. The second kappa shape index (κ2) is 6.80. The van der Waals surface area contributed by atoms with Crippen molar-refractivity contribution in [3.63, 3.8) is 0 Å². The van der Waals surface area contributed by atoms with E-state index in [0.717, 1.165) is 5.56 Å². The van der Waals surface area contributed by atoms with Gasteiger partial charge in [-0.3, -0.25) is 14.3 Å². The van der Waals surface area contributed by atoms with Gasteiger partial charge in [-0.05, 0) is 43.3 Å². The fourth-order valence-corrected chi connectivity index (χ4v) is 3.82. The molecule has 0 bridgehead atoms. The van der Waals surface area contributed by atoms with E-state index < -0.39 is 21.9 Å². The van der Waals surface area contributed by atoms with Gasteiger partial charge in [-0.25, -0.2) is 8.42 Å². The number of aryl methyl sites for hydroxylation is 1. The quantitative estimate of drug-likeness (QED) is 0.835. The van der Waals surface area contributed by atoms with Gasteiger partial charge in [0.1, 0.15) is 0 Å². The van der Waals surface area contributed by atoms with Gasteiger partial charge in [0.25, 0.3) is 10.0 Å². The van der Waals surface area contributed by atoms with Crippen LogP contribution in [-0.2, 0) is 19.6 Å². The number of rotatable bonds is 5. The predicted octanol–water partition coefficient (Wildman–Crippen LogP) is 2.23. The maximum Gasteiger partial charge on any atom is 0.308 e. The minimum Gasteiger partial charge on any atom is -0.481 e. The Labute approximate surface area is 151 Å². The first-order valence-electron chi connectivity index (χ1n) is 7.99. The second-order valence-corrected chi connectivity index (χ2v) is 7.89. The summed E-state index contributed by atoms with van der Waals surface area (Å²) in [5.41, 5.74) is 1.96. The Hall–Kier alpha value is -2.87. The van der Waals surface area contributed by atoms with Crippen LogP contribution in [0.1, 0.15) is 12.0 Å². The largest absolute Gasteiger partial charge is 0.481 e. The summed E-state index contributed by atoms with van der Waals surface area (Å²) < 4.78 is 27.4. The highest BCUT2D eigenvalue weighted by molar-refractivity contribution is 7.92. The SMILES string of the molecule is Cc1ccc(NS(=O)(=O)c2ccc(N3C[C@@H](C(=O)O)CC3=O)cc2)cc1. The van der Waals surface area contributed by atoms with Crippen LogP contribution < -0.4 is 9.62 Å². The fourth-order valence-electron chi connectivity index (χ4n) is 2.76. The Morgan fingerprint density at radius 1 is 1.12 bits per heavy atom. The molecule has 1 atom stereocenters. The van der Waals surface area contributed by atoms with Crippen molar-refractivity contribution in [2.24, 2.45) is 5.92 Å². The van der Waals surface area contributed by atoms with Crippen molar-refractivity contribution in [2.45, 2.75) is 18.2 Å². The lowest BCUT2D eigenvalue weighted by atomic mass is 10.1. The van der Waals surface area contributed by atoms with E-state index >= 15 is 0 Å². The van der Waals surface area contributed by atoms with E-state index in [0.29, 0.717) is 11.4 Å². The van der Waals surface area contributed by atoms with Gasteiger partial charge in [0.15, 0.2) is 0 Å². The van der Waals surface area contributed by atoms with Crippen molar-refractivity contribution >= 4 is 33.3 Å². The van der Waals surface area contributed by atoms with Crippen molar-refractivity contribution in [1.29, 1.82) is 0 Å². The first-order chi connectivity index (χ1) is 12.3. The van der Waals surface area contributed by atoms with Crippen LogP contribution in [-0.4, -0.2) is 31.9 Å². The third-order valence-electron chi connectivity index (χ3n) is 4.24. The fraction of sp³-hybridized carbons (Fsp3) is 0.222. The number of anilines is 2. The summed E-state index contributed by atoms with van der Waals surface area (Å²) in [6.07, 6.45) is -0.0512. The molecular formula is C18H18N2O5S. The normalized spacial score (nSPS) is 17.3. The number of carboxylic acids is 1. The molecular weight excluding hydrogens is 356 g/mol. The second-order valence-electron chi connectivity index (χ2n) is 6.21. The van der Waals surface area contributed by atoms with Crippen LogP contribution in [0.15, 0.2) is 53.4 Å². The highest BCUT2D eigenvalue weighted by Crippen LogP contribution is 2.27. The lowest BCUT2D eigenvalue weighted by Gasteiger charge is -2.16. The molecule has 7 nitrogen and oxygen atoms in total. The molecule has 3 rings (SSSR count). The van der Waals surface area contributed by atoms with Crippen LogP contribution >= 0.6 is 0 Å². The van der Waals surface area contributed by atoms with Crippen LogP contribution in [0.3, 0.4) is 0 Å². The van der Waals surface area contributed by atoms with E-state index in [-0.39, 0.29) is 23.8 Å². The van der Waals surface area contributed by atoms with Gasteiger partial charge < -0.3 is 10.0 Å². The molecule has 2 aromatic rings. The summed E-state index contributed by atoms with van der Waals surface area (Å²) in [5, 5.41) is 9.04. The van der Waals surface area contributed by atoms with Crippen LogP contribution in [0.4, 0.5) is 11.4 Å². The molecule has 0 aliphatic carbocycles. The average Bonchev–Trinajstić information content (AvgIpc) is 2.99. The number of aliphatic carboxylic acids is 1. The molecule has 1 heterocycles. The number of carbonyl (C=O) groups excluding carboxylic acids is 1. The zero-order valence-corrected chi connectivity index (χ0v) is 14.9. The molecule has 0 spiro atoms. The standard InChI is InChI=1S/C18H18N2O5S/c1-12-2-4-14(5-3-12)19-26(24,25)16-8-6-15(7-9-16)20-11-13(18(22)23)10-17(20)21/h2-9,13,19H,10-11H2,1H3,(H,22,23)/t13-/m0/s1. The topological polar surface area (TPSA) is 104 Å². The van der Waals surface area contributed by atoms with E-state index in [1.807, 2.05) is 6.92 Å². The third kappa shape index (κ3) is 3.70. The summed E-state index contributed by atoms with van der Waals surface area (Å²) in [7, 11) is -3.75. The van der Waals surface area contributed by atoms with Crippen LogP contribution in [0.25, 0.3) is 0 Å². The molecule has 1 amide bonds. The minimum absolute atomic E-state index is 0.0512. The Bertz CT molecular complexity index is 937. The van der Waals surface area contributed by atoms with Crippen molar-refractivity contribution in [3.05, 3.63) is 54.1 Å². The first-order valence-corrected chi connectivity index (χ1v) is 9.47. The number of carboxylic acid groups (broad SMARTS) is 1. The molecule has 1 saturated heterocycles. The lowest BCUT2D eigenvalue weighted by molar-refractivity contribution is -0.141. The van der Waals surface area contributed by atoms with E-state index in [9.17, 15) is 18.0 Å². The molecule has 0 aromatic heterocycles. The van der Waals surface area contributed by atoms with Gasteiger partial charge in [0.05, 0.1) is 10.8 Å². The molecule has 1 aliphatic rings. The number of hydrogen-bond donors (Lipinski definition) is 2. The molecule has 2 N–H and O–H groups in total. The number of hydrogen-bond acceptors (Lipinski definition) is 4. The van der Waals surface area contributed by atoms with Gasteiger partial charge in [0.2, 0.25) is 5.91 Å². The van der Waals surface area contributed by atoms with Crippen LogP contribution in [0.5, 0.6) is 0 Å². The Morgan fingerprint density at radius 3 is 2.27 bits per heavy atom. The maximum atomic E-state index is 12.5. The lowest BCUT2D eigenvalue weighted by Crippen LogP contribution is -2.25. The Balaban J connectivity index is 1.77. The molecule has 136 valence electrons. The van der Waals surface area contributed by atoms with Crippen molar-refractivity contribution in [2.75, 3.05) is 16.2 Å².